The summed E-state index contributed by atoms with van der Waals surface area (Å²) in [6.07, 6.45) is 9.11. The van der Waals surface area contributed by atoms with Gasteiger partial charge in [0.25, 0.3) is 5.91 Å². The van der Waals surface area contributed by atoms with Crippen LogP contribution in [0.4, 0.5) is 0 Å². The van der Waals surface area contributed by atoms with Crippen LogP contribution in [-0.2, 0) is 17.9 Å². The minimum atomic E-state index is 0.0875. The van der Waals surface area contributed by atoms with Gasteiger partial charge >= 0.3 is 0 Å². The molecular weight excluding hydrogens is 328 g/mol. The summed E-state index contributed by atoms with van der Waals surface area (Å²) in [6, 6.07) is 0. The Labute approximate surface area is 155 Å². The predicted molar refractivity (Wildman–Crippen MR) is 98.5 cm³/mol. The van der Waals surface area contributed by atoms with Crippen molar-refractivity contribution in [1.82, 2.24) is 19.6 Å². The van der Waals surface area contributed by atoms with Gasteiger partial charge in [-0.25, -0.2) is 0 Å². The first kappa shape index (κ1) is 17.6. The molecule has 0 aromatic carbocycles. The number of aryl methyl sites for hydroxylation is 1. The lowest BCUT2D eigenvalue weighted by molar-refractivity contribution is -0.137. The Morgan fingerprint density at radius 1 is 0.962 bits per heavy atom. The molecule has 4 rings (SSSR count). The standard InChI is InChI=1S/C20H30N4O2/c1-15-5-7-16(8-6-15)19(25)23-11-4-12-24-18(14-23)17(13-21-24)20(26)22-9-2-3-10-22/h13,15-16H,2-12,14H2,1H3. The maximum absolute atomic E-state index is 13.1. The molecule has 0 N–H and O–H groups in total. The highest BCUT2D eigenvalue weighted by molar-refractivity contribution is 5.95. The molecule has 0 radical (unpaired) electrons. The van der Waals surface area contributed by atoms with E-state index in [1.807, 2.05) is 14.5 Å². The lowest BCUT2D eigenvalue weighted by atomic mass is 9.82. The van der Waals surface area contributed by atoms with Crippen molar-refractivity contribution in [2.24, 2.45) is 11.8 Å². The smallest absolute Gasteiger partial charge is 0.257 e. The second-order valence-electron chi connectivity index (χ2n) is 8.30. The van der Waals surface area contributed by atoms with E-state index in [-0.39, 0.29) is 17.7 Å². The zero-order valence-corrected chi connectivity index (χ0v) is 15.8. The van der Waals surface area contributed by atoms with Crippen molar-refractivity contribution >= 4 is 11.8 Å². The topological polar surface area (TPSA) is 58.4 Å². The van der Waals surface area contributed by atoms with Crippen molar-refractivity contribution < 1.29 is 9.59 Å². The minimum Gasteiger partial charge on any atom is -0.339 e. The van der Waals surface area contributed by atoms with Crippen molar-refractivity contribution in [3.8, 4) is 0 Å². The highest BCUT2D eigenvalue weighted by Crippen LogP contribution is 2.31. The van der Waals surface area contributed by atoms with Crippen LogP contribution in [0.25, 0.3) is 0 Å². The first-order valence-electron chi connectivity index (χ1n) is 10.3. The minimum absolute atomic E-state index is 0.0875. The molecule has 1 aliphatic carbocycles. The van der Waals surface area contributed by atoms with Gasteiger partial charge in [-0.15, -0.1) is 0 Å². The van der Waals surface area contributed by atoms with Crippen LogP contribution in [0.15, 0.2) is 6.20 Å². The van der Waals surface area contributed by atoms with Gasteiger partial charge in [-0.05, 0) is 50.9 Å². The summed E-state index contributed by atoms with van der Waals surface area (Å²) in [4.78, 5) is 29.9. The monoisotopic (exact) mass is 358 g/mol. The van der Waals surface area contributed by atoms with E-state index in [0.717, 1.165) is 82.7 Å². The van der Waals surface area contributed by atoms with E-state index < -0.39 is 0 Å². The van der Waals surface area contributed by atoms with Crippen LogP contribution in [0.5, 0.6) is 0 Å². The number of rotatable bonds is 2. The number of hydrogen-bond acceptors (Lipinski definition) is 3. The zero-order valence-electron chi connectivity index (χ0n) is 15.8. The molecule has 3 heterocycles. The maximum Gasteiger partial charge on any atom is 0.257 e. The number of fused-ring (bicyclic) bond motifs is 1. The van der Waals surface area contributed by atoms with Crippen LogP contribution in [0.1, 0.15) is 67.9 Å². The predicted octanol–water partition coefficient (Wildman–Crippen LogP) is 2.68. The van der Waals surface area contributed by atoms with Gasteiger partial charge in [0.15, 0.2) is 0 Å². The third kappa shape index (κ3) is 3.38. The van der Waals surface area contributed by atoms with E-state index in [4.69, 9.17) is 0 Å². The van der Waals surface area contributed by atoms with Crippen molar-refractivity contribution in [2.45, 2.75) is 65.0 Å². The first-order chi connectivity index (χ1) is 12.6. The van der Waals surface area contributed by atoms with Crippen LogP contribution in [0, 0.1) is 11.8 Å². The largest absolute Gasteiger partial charge is 0.339 e. The molecule has 0 bridgehead atoms. The van der Waals surface area contributed by atoms with Crippen molar-refractivity contribution in [1.29, 1.82) is 0 Å². The quantitative estimate of drug-likeness (QED) is 0.817. The summed E-state index contributed by atoms with van der Waals surface area (Å²) in [6.45, 7) is 6.04. The van der Waals surface area contributed by atoms with Gasteiger partial charge in [-0.1, -0.05) is 6.92 Å². The van der Waals surface area contributed by atoms with Gasteiger partial charge in [0, 0.05) is 32.1 Å². The maximum atomic E-state index is 13.1. The molecule has 0 atom stereocenters. The van der Waals surface area contributed by atoms with E-state index >= 15 is 0 Å². The summed E-state index contributed by atoms with van der Waals surface area (Å²) in [5.74, 6) is 1.28. The lowest BCUT2D eigenvalue weighted by Crippen LogP contribution is -2.38. The number of aromatic nitrogens is 2. The Bertz CT molecular complexity index is 669. The number of likely N-dealkylation sites (tertiary alicyclic amines) is 1. The summed E-state index contributed by atoms with van der Waals surface area (Å²) in [5, 5.41) is 4.46. The van der Waals surface area contributed by atoms with Gasteiger partial charge in [-0.2, -0.15) is 5.10 Å². The third-order valence-electron chi connectivity index (χ3n) is 6.39. The molecule has 3 aliphatic rings. The van der Waals surface area contributed by atoms with Gasteiger partial charge in [0.05, 0.1) is 24.0 Å². The Hall–Kier alpha value is -1.85. The fourth-order valence-corrected chi connectivity index (χ4v) is 4.66. The normalized spacial score (nSPS) is 26.5. The highest BCUT2D eigenvalue weighted by atomic mass is 16.2. The van der Waals surface area contributed by atoms with Crippen molar-refractivity contribution in [3.05, 3.63) is 17.5 Å². The van der Waals surface area contributed by atoms with Gasteiger partial charge < -0.3 is 9.80 Å². The van der Waals surface area contributed by atoms with Gasteiger partial charge in [0.1, 0.15) is 0 Å². The molecule has 6 heteroatoms. The Balaban J connectivity index is 1.51. The molecule has 142 valence electrons. The van der Waals surface area contributed by atoms with Crippen LogP contribution < -0.4 is 0 Å². The van der Waals surface area contributed by atoms with E-state index in [9.17, 15) is 9.59 Å². The number of hydrogen-bond donors (Lipinski definition) is 0. The van der Waals surface area contributed by atoms with Gasteiger partial charge in [0.2, 0.25) is 5.91 Å². The number of carbonyl (C=O) groups is 2. The fourth-order valence-electron chi connectivity index (χ4n) is 4.66. The molecule has 6 nitrogen and oxygen atoms in total. The average molecular weight is 358 g/mol. The van der Waals surface area contributed by atoms with Crippen LogP contribution in [-0.4, -0.2) is 51.0 Å². The van der Waals surface area contributed by atoms with Crippen LogP contribution in [0.3, 0.4) is 0 Å². The summed E-state index contributed by atoms with van der Waals surface area (Å²) in [5.41, 5.74) is 1.63. The van der Waals surface area contributed by atoms with Crippen LogP contribution in [0.2, 0.25) is 0 Å². The highest BCUT2D eigenvalue weighted by Gasteiger charge is 2.32. The Morgan fingerprint density at radius 2 is 1.65 bits per heavy atom. The molecule has 0 unspecified atom stereocenters. The number of carbonyl (C=O) groups excluding carboxylic acids is 2. The fraction of sp³-hybridized carbons (Fsp3) is 0.750. The van der Waals surface area contributed by atoms with Crippen LogP contribution >= 0.6 is 0 Å². The molecular formula is C20H30N4O2. The van der Waals surface area contributed by atoms with E-state index in [1.54, 1.807) is 6.20 Å². The van der Waals surface area contributed by atoms with Gasteiger partial charge in [-0.3, -0.25) is 14.3 Å². The molecule has 1 aromatic heterocycles. The Kier molecular flexibility index (Phi) is 5.00. The molecule has 1 saturated heterocycles. The Morgan fingerprint density at radius 3 is 2.38 bits per heavy atom. The molecule has 1 saturated carbocycles. The third-order valence-corrected chi connectivity index (χ3v) is 6.39. The van der Waals surface area contributed by atoms with E-state index in [0.29, 0.717) is 12.1 Å². The molecule has 1 aromatic rings. The molecule has 26 heavy (non-hydrogen) atoms. The SMILES string of the molecule is CC1CCC(C(=O)N2CCCn3ncc(C(=O)N4CCCC4)c3C2)CC1. The van der Waals surface area contributed by atoms with E-state index in [2.05, 4.69) is 12.0 Å². The second kappa shape index (κ2) is 7.41. The molecule has 2 aliphatic heterocycles. The number of amides is 2. The summed E-state index contributed by atoms with van der Waals surface area (Å²) in [7, 11) is 0. The zero-order chi connectivity index (χ0) is 18.1. The van der Waals surface area contributed by atoms with E-state index in [1.165, 1.54) is 0 Å². The summed E-state index contributed by atoms with van der Waals surface area (Å²) < 4.78 is 1.94. The average Bonchev–Trinajstić information content (AvgIpc) is 3.27. The van der Waals surface area contributed by atoms with Crippen molar-refractivity contribution in [3.63, 3.8) is 0 Å². The van der Waals surface area contributed by atoms with Crippen molar-refractivity contribution in [2.75, 3.05) is 19.6 Å². The lowest BCUT2D eigenvalue weighted by Gasteiger charge is -2.30. The number of nitrogens with zero attached hydrogens (tertiary/aromatic N) is 4. The molecule has 0 spiro atoms. The first-order valence-corrected chi connectivity index (χ1v) is 10.3. The molecule has 2 amide bonds. The summed E-state index contributed by atoms with van der Waals surface area (Å²) >= 11 is 0. The molecule has 2 fully saturated rings. The second-order valence-corrected chi connectivity index (χ2v) is 8.30.